The van der Waals surface area contributed by atoms with Gasteiger partial charge in [-0.25, -0.2) is 4.39 Å². The molecule has 0 spiro atoms. The number of piperidine rings is 1. The summed E-state index contributed by atoms with van der Waals surface area (Å²) in [7, 11) is 0. The van der Waals surface area contributed by atoms with Crippen LogP contribution in [0.3, 0.4) is 0 Å². The van der Waals surface area contributed by atoms with Gasteiger partial charge in [-0.15, -0.1) is 0 Å². The van der Waals surface area contributed by atoms with Crippen molar-refractivity contribution in [3.05, 3.63) is 59.7 Å². The number of amides is 1. The van der Waals surface area contributed by atoms with Crippen molar-refractivity contribution in [1.29, 1.82) is 0 Å². The third kappa shape index (κ3) is 3.60. The summed E-state index contributed by atoms with van der Waals surface area (Å²) in [5.41, 5.74) is 1.30. The van der Waals surface area contributed by atoms with Gasteiger partial charge in [-0.05, 0) is 55.3 Å². The van der Waals surface area contributed by atoms with Gasteiger partial charge >= 0.3 is 0 Å². The van der Waals surface area contributed by atoms with E-state index in [1.165, 1.54) is 12.1 Å². The van der Waals surface area contributed by atoms with Gasteiger partial charge in [0.15, 0.2) is 11.5 Å². The first-order chi connectivity index (χ1) is 14.7. The second kappa shape index (κ2) is 7.78. The maximum absolute atomic E-state index is 13.1. The van der Waals surface area contributed by atoms with E-state index in [-0.39, 0.29) is 17.6 Å². The molecular weight excluding hydrogens is 389 g/mol. The molecule has 8 heteroatoms. The number of fused-ring (bicyclic) bond motifs is 1. The number of halogens is 1. The Labute approximate surface area is 172 Å². The van der Waals surface area contributed by atoms with Crippen molar-refractivity contribution in [3.8, 4) is 22.9 Å². The van der Waals surface area contributed by atoms with E-state index in [4.69, 9.17) is 14.0 Å². The predicted octanol–water partition coefficient (Wildman–Crippen LogP) is 3.67. The summed E-state index contributed by atoms with van der Waals surface area (Å²) in [6.45, 7) is 2.21. The fourth-order valence-electron chi connectivity index (χ4n) is 3.81. The molecule has 7 nitrogen and oxygen atoms in total. The summed E-state index contributed by atoms with van der Waals surface area (Å²) in [6.07, 6.45) is 1.47. The number of hydrogen-bond acceptors (Lipinski definition) is 6. The molecule has 3 aromatic rings. The quantitative estimate of drug-likeness (QED) is 0.657. The second-order valence-electron chi connectivity index (χ2n) is 7.39. The summed E-state index contributed by atoms with van der Waals surface area (Å²) in [4.78, 5) is 19.2. The Balaban J connectivity index is 1.23. The maximum atomic E-state index is 13.1. The van der Waals surface area contributed by atoms with Gasteiger partial charge in [0.05, 0.1) is 0 Å². The number of carbonyl (C=O) groups excluding carboxylic acids is 1. The molecule has 1 fully saturated rings. The zero-order chi connectivity index (χ0) is 20.5. The molecule has 2 aliphatic rings. The molecule has 3 heterocycles. The molecule has 1 aromatic heterocycles. The van der Waals surface area contributed by atoms with Crippen molar-refractivity contribution in [1.82, 2.24) is 15.0 Å². The predicted molar refractivity (Wildman–Crippen MR) is 105 cm³/mol. The van der Waals surface area contributed by atoms with Crippen molar-refractivity contribution in [3.63, 3.8) is 0 Å². The number of likely N-dealkylation sites (tertiary alicyclic amines) is 1. The molecule has 154 valence electrons. The smallest absolute Gasteiger partial charge is 0.253 e. The Morgan fingerprint density at radius 2 is 1.73 bits per heavy atom. The second-order valence-corrected chi connectivity index (χ2v) is 7.39. The SMILES string of the molecule is O=C(c1ccc2c(c1)OCCO2)N1CCC(c2nc(-c3ccc(F)cc3)no2)CC1. The van der Waals surface area contributed by atoms with Gasteiger partial charge in [0.2, 0.25) is 11.7 Å². The lowest BCUT2D eigenvalue weighted by Crippen LogP contribution is -2.38. The van der Waals surface area contributed by atoms with E-state index in [2.05, 4.69) is 10.1 Å². The summed E-state index contributed by atoms with van der Waals surface area (Å²) >= 11 is 0. The van der Waals surface area contributed by atoms with E-state index in [1.54, 1.807) is 30.3 Å². The van der Waals surface area contributed by atoms with Crippen LogP contribution in [0.4, 0.5) is 4.39 Å². The van der Waals surface area contributed by atoms with E-state index in [9.17, 15) is 9.18 Å². The molecule has 0 bridgehead atoms. The van der Waals surface area contributed by atoms with Crippen molar-refractivity contribution < 1.29 is 23.2 Å². The third-order valence-electron chi connectivity index (χ3n) is 5.46. The maximum Gasteiger partial charge on any atom is 0.253 e. The molecule has 2 aliphatic heterocycles. The minimum absolute atomic E-state index is 0.0250. The van der Waals surface area contributed by atoms with Crippen LogP contribution in [-0.2, 0) is 0 Å². The van der Waals surface area contributed by atoms with Crippen LogP contribution in [0.5, 0.6) is 11.5 Å². The highest BCUT2D eigenvalue weighted by Gasteiger charge is 2.28. The molecule has 0 atom stereocenters. The zero-order valence-corrected chi connectivity index (χ0v) is 16.2. The van der Waals surface area contributed by atoms with Crippen LogP contribution in [0.2, 0.25) is 0 Å². The molecule has 0 saturated carbocycles. The highest BCUT2D eigenvalue weighted by atomic mass is 19.1. The van der Waals surface area contributed by atoms with Crippen molar-refractivity contribution in [2.24, 2.45) is 0 Å². The van der Waals surface area contributed by atoms with E-state index >= 15 is 0 Å². The average Bonchev–Trinajstić information content (AvgIpc) is 3.29. The number of carbonyl (C=O) groups is 1. The molecule has 2 aromatic carbocycles. The van der Waals surface area contributed by atoms with Gasteiger partial charge in [-0.2, -0.15) is 4.98 Å². The Hall–Kier alpha value is -3.42. The number of ether oxygens (including phenoxy) is 2. The monoisotopic (exact) mass is 409 g/mol. The van der Waals surface area contributed by atoms with Gasteiger partial charge < -0.3 is 18.9 Å². The molecular formula is C22H20FN3O4. The Morgan fingerprint density at radius 3 is 2.50 bits per heavy atom. The third-order valence-corrected chi connectivity index (χ3v) is 5.46. The topological polar surface area (TPSA) is 77.7 Å². The molecule has 0 unspecified atom stereocenters. The largest absolute Gasteiger partial charge is 0.486 e. The molecule has 0 aliphatic carbocycles. The van der Waals surface area contributed by atoms with Crippen LogP contribution in [0.25, 0.3) is 11.4 Å². The lowest BCUT2D eigenvalue weighted by atomic mass is 9.96. The Morgan fingerprint density at radius 1 is 1.00 bits per heavy atom. The summed E-state index contributed by atoms with van der Waals surface area (Å²) in [5, 5.41) is 4.02. The lowest BCUT2D eigenvalue weighted by molar-refractivity contribution is 0.0703. The highest BCUT2D eigenvalue weighted by Crippen LogP contribution is 2.33. The number of benzene rings is 2. The van der Waals surface area contributed by atoms with Crippen LogP contribution in [0, 0.1) is 5.82 Å². The van der Waals surface area contributed by atoms with Crippen LogP contribution in [0.1, 0.15) is 35.0 Å². The van der Waals surface area contributed by atoms with Gasteiger partial charge in [0.25, 0.3) is 5.91 Å². The van der Waals surface area contributed by atoms with E-state index in [0.717, 1.165) is 12.8 Å². The van der Waals surface area contributed by atoms with Crippen LogP contribution in [0.15, 0.2) is 47.0 Å². The normalized spacial score (nSPS) is 16.5. The fourth-order valence-corrected chi connectivity index (χ4v) is 3.81. The average molecular weight is 409 g/mol. The molecule has 0 N–H and O–H groups in total. The van der Waals surface area contributed by atoms with Gasteiger partial charge in [-0.3, -0.25) is 4.79 Å². The minimum atomic E-state index is -0.308. The summed E-state index contributed by atoms with van der Waals surface area (Å²) in [6, 6.07) is 11.3. The number of rotatable bonds is 3. The highest BCUT2D eigenvalue weighted by molar-refractivity contribution is 5.95. The summed E-state index contributed by atoms with van der Waals surface area (Å²) < 4.78 is 29.6. The fraction of sp³-hybridized carbons (Fsp3) is 0.318. The molecule has 1 amide bonds. The lowest BCUT2D eigenvalue weighted by Gasteiger charge is -2.30. The minimum Gasteiger partial charge on any atom is -0.486 e. The Kier molecular flexibility index (Phi) is 4.82. The van der Waals surface area contributed by atoms with Crippen LogP contribution >= 0.6 is 0 Å². The van der Waals surface area contributed by atoms with E-state index in [0.29, 0.717) is 60.6 Å². The van der Waals surface area contributed by atoms with Gasteiger partial charge in [0, 0.05) is 30.1 Å². The summed E-state index contributed by atoms with van der Waals surface area (Å²) in [5.74, 6) is 2.04. The first-order valence-corrected chi connectivity index (χ1v) is 9.96. The zero-order valence-electron chi connectivity index (χ0n) is 16.2. The molecule has 30 heavy (non-hydrogen) atoms. The van der Waals surface area contributed by atoms with Crippen molar-refractivity contribution in [2.75, 3.05) is 26.3 Å². The molecule has 0 radical (unpaired) electrons. The van der Waals surface area contributed by atoms with E-state index in [1.807, 2.05) is 4.90 Å². The van der Waals surface area contributed by atoms with Crippen molar-refractivity contribution >= 4 is 5.91 Å². The molecule has 1 saturated heterocycles. The van der Waals surface area contributed by atoms with E-state index < -0.39 is 0 Å². The standard InChI is InChI=1S/C22H20FN3O4/c23-17-4-1-14(2-5-17)20-24-21(30-25-20)15-7-9-26(10-8-15)22(27)16-3-6-18-19(13-16)29-12-11-28-18/h1-6,13,15H,7-12H2. The van der Waals surface area contributed by atoms with Crippen molar-refractivity contribution in [2.45, 2.75) is 18.8 Å². The first kappa shape index (κ1) is 18.6. The molecule has 5 rings (SSSR count). The Bertz CT molecular complexity index is 1060. The van der Waals surface area contributed by atoms with Crippen LogP contribution < -0.4 is 9.47 Å². The first-order valence-electron chi connectivity index (χ1n) is 9.96. The van der Waals surface area contributed by atoms with Gasteiger partial charge in [-0.1, -0.05) is 5.16 Å². The number of aromatic nitrogens is 2. The van der Waals surface area contributed by atoms with Gasteiger partial charge in [0.1, 0.15) is 19.0 Å². The number of hydrogen-bond donors (Lipinski definition) is 0. The van der Waals surface area contributed by atoms with Crippen LogP contribution in [-0.4, -0.2) is 47.3 Å². The number of nitrogens with zero attached hydrogens (tertiary/aromatic N) is 3.